The van der Waals surface area contributed by atoms with Crippen molar-refractivity contribution < 1.29 is 19.1 Å². The number of rotatable bonds is 4. The third kappa shape index (κ3) is 4.16. The molecule has 0 aromatic carbocycles. The van der Waals surface area contributed by atoms with Gasteiger partial charge >= 0.3 is 6.09 Å². The standard InChI is InChI=1S/C22H26N6O4/c1-22(2,3)32-21(30)27-12-16(7-17(27)13-31-4)26-11-14-10-24-19(8-18(14)20(26)29)28-6-5-15(9-23)25-28/h5-6,8,10,16-17H,7,11-13H2,1-4H3/t16-,17+/m1/s1. The summed E-state index contributed by atoms with van der Waals surface area (Å²) in [5.74, 6) is 0.364. The van der Waals surface area contributed by atoms with Crippen LogP contribution >= 0.6 is 0 Å². The fraction of sp³-hybridized carbons (Fsp3) is 0.500. The summed E-state index contributed by atoms with van der Waals surface area (Å²) in [6.07, 6.45) is 3.51. The van der Waals surface area contributed by atoms with Crippen molar-refractivity contribution in [3.63, 3.8) is 0 Å². The molecule has 0 spiro atoms. The first-order valence-corrected chi connectivity index (χ1v) is 10.4. The molecule has 0 saturated carbocycles. The number of carbonyl (C=O) groups excluding carboxylic acids is 2. The summed E-state index contributed by atoms with van der Waals surface area (Å²) in [5, 5.41) is 13.1. The van der Waals surface area contributed by atoms with Crippen LogP contribution in [0, 0.1) is 11.3 Å². The lowest BCUT2D eigenvalue weighted by Gasteiger charge is -2.28. The molecule has 4 rings (SSSR count). The molecule has 2 amide bonds. The summed E-state index contributed by atoms with van der Waals surface area (Å²) in [4.78, 5) is 33.8. The number of aromatic nitrogens is 3. The number of ether oxygens (including phenoxy) is 2. The third-order valence-corrected chi connectivity index (χ3v) is 5.56. The van der Waals surface area contributed by atoms with E-state index in [1.54, 1.807) is 41.4 Å². The van der Waals surface area contributed by atoms with Crippen molar-refractivity contribution in [1.82, 2.24) is 24.6 Å². The van der Waals surface area contributed by atoms with Gasteiger partial charge < -0.3 is 19.3 Å². The number of pyridine rings is 1. The third-order valence-electron chi connectivity index (χ3n) is 5.56. The molecule has 0 bridgehead atoms. The molecule has 2 atom stereocenters. The number of amides is 2. The van der Waals surface area contributed by atoms with E-state index in [1.165, 1.54) is 4.68 Å². The average molecular weight is 438 g/mol. The van der Waals surface area contributed by atoms with Gasteiger partial charge in [-0.3, -0.25) is 4.79 Å². The van der Waals surface area contributed by atoms with Gasteiger partial charge in [0.1, 0.15) is 11.7 Å². The van der Waals surface area contributed by atoms with E-state index >= 15 is 0 Å². The molecule has 0 radical (unpaired) electrons. The first-order chi connectivity index (χ1) is 15.2. The van der Waals surface area contributed by atoms with Crippen LogP contribution in [-0.4, -0.2) is 74.5 Å². The highest BCUT2D eigenvalue weighted by molar-refractivity contribution is 5.98. The first kappa shape index (κ1) is 21.8. The van der Waals surface area contributed by atoms with Crippen LogP contribution in [0.4, 0.5) is 4.79 Å². The van der Waals surface area contributed by atoms with Crippen molar-refractivity contribution in [3.8, 4) is 11.9 Å². The van der Waals surface area contributed by atoms with Gasteiger partial charge in [-0.15, -0.1) is 0 Å². The quantitative estimate of drug-likeness (QED) is 0.718. The monoisotopic (exact) mass is 438 g/mol. The number of methoxy groups -OCH3 is 1. The Bertz CT molecular complexity index is 1080. The molecule has 2 aliphatic heterocycles. The molecule has 0 aliphatic carbocycles. The Morgan fingerprint density at radius 3 is 2.81 bits per heavy atom. The minimum Gasteiger partial charge on any atom is -0.444 e. The maximum Gasteiger partial charge on any atom is 0.410 e. The van der Waals surface area contributed by atoms with Gasteiger partial charge in [-0.05, 0) is 39.3 Å². The van der Waals surface area contributed by atoms with E-state index in [4.69, 9.17) is 14.7 Å². The smallest absolute Gasteiger partial charge is 0.410 e. The lowest BCUT2D eigenvalue weighted by Crippen LogP contribution is -2.43. The fourth-order valence-corrected chi connectivity index (χ4v) is 4.15. The minimum atomic E-state index is -0.605. The van der Waals surface area contributed by atoms with Crippen LogP contribution < -0.4 is 0 Å². The number of hydrogen-bond donors (Lipinski definition) is 0. The molecular formula is C22H26N6O4. The summed E-state index contributed by atoms with van der Waals surface area (Å²) >= 11 is 0. The summed E-state index contributed by atoms with van der Waals surface area (Å²) in [7, 11) is 1.59. The van der Waals surface area contributed by atoms with Gasteiger partial charge in [0.15, 0.2) is 11.5 Å². The lowest BCUT2D eigenvalue weighted by atomic mass is 10.1. The highest BCUT2D eigenvalue weighted by atomic mass is 16.6. The van der Waals surface area contributed by atoms with Crippen molar-refractivity contribution in [2.75, 3.05) is 20.3 Å². The number of nitrogens with zero attached hydrogens (tertiary/aromatic N) is 6. The summed E-state index contributed by atoms with van der Waals surface area (Å²) < 4.78 is 12.4. The zero-order valence-corrected chi connectivity index (χ0v) is 18.6. The molecule has 4 heterocycles. The van der Waals surface area contributed by atoms with E-state index in [2.05, 4.69) is 10.1 Å². The van der Waals surface area contributed by atoms with Crippen LogP contribution in [0.5, 0.6) is 0 Å². The molecule has 2 aromatic rings. The maximum absolute atomic E-state index is 13.2. The van der Waals surface area contributed by atoms with E-state index in [0.717, 1.165) is 5.56 Å². The first-order valence-electron chi connectivity index (χ1n) is 10.4. The Hall–Kier alpha value is -3.45. The van der Waals surface area contributed by atoms with Gasteiger partial charge in [-0.1, -0.05) is 0 Å². The predicted molar refractivity (Wildman–Crippen MR) is 113 cm³/mol. The molecule has 2 aliphatic rings. The number of nitriles is 1. The topological polar surface area (TPSA) is 114 Å². The van der Waals surface area contributed by atoms with E-state index in [0.29, 0.717) is 37.5 Å². The number of fused-ring (bicyclic) bond motifs is 1. The van der Waals surface area contributed by atoms with E-state index in [9.17, 15) is 9.59 Å². The van der Waals surface area contributed by atoms with Crippen molar-refractivity contribution in [2.45, 2.75) is 51.4 Å². The second kappa shape index (κ2) is 8.24. The van der Waals surface area contributed by atoms with Crippen molar-refractivity contribution in [3.05, 3.63) is 41.3 Å². The Morgan fingerprint density at radius 2 is 2.16 bits per heavy atom. The van der Waals surface area contributed by atoms with Crippen LogP contribution in [-0.2, 0) is 16.0 Å². The molecule has 1 saturated heterocycles. The number of carbonyl (C=O) groups is 2. The molecule has 0 unspecified atom stereocenters. The van der Waals surface area contributed by atoms with Crippen molar-refractivity contribution >= 4 is 12.0 Å². The van der Waals surface area contributed by atoms with Gasteiger partial charge in [0.05, 0.1) is 18.7 Å². The zero-order valence-electron chi connectivity index (χ0n) is 18.6. The fourth-order valence-electron chi connectivity index (χ4n) is 4.15. The van der Waals surface area contributed by atoms with Crippen LogP contribution in [0.15, 0.2) is 24.5 Å². The van der Waals surface area contributed by atoms with Crippen LogP contribution in [0.25, 0.3) is 5.82 Å². The normalized spacial score (nSPS) is 20.4. The molecule has 2 aromatic heterocycles. The van der Waals surface area contributed by atoms with Crippen LogP contribution in [0.1, 0.15) is 48.8 Å². The van der Waals surface area contributed by atoms with E-state index in [-0.39, 0.29) is 23.7 Å². The Labute approximate surface area is 186 Å². The molecule has 10 nitrogen and oxygen atoms in total. The second-order valence-corrected chi connectivity index (χ2v) is 9.02. The Morgan fingerprint density at radius 1 is 1.38 bits per heavy atom. The van der Waals surface area contributed by atoms with Gasteiger partial charge in [-0.2, -0.15) is 10.4 Å². The predicted octanol–water partition coefficient (Wildman–Crippen LogP) is 2.12. The SMILES string of the molecule is COC[C@@H]1C[C@@H](N2Cc3cnc(-n4ccc(C#N)n4)cc3C2=O)CN1C(=O)OC(C)(C)C. The Balaban J connectivity index is 1.53. The van der Waals surface area contributed by atoms with E-state index < -0.39 is 11.7 Å². The van der Waals surface area contributed by atoms with Gasteiger partial charge in [-0.25, -0.2) is 14.5 Å². The van der Waals surface area contributed by atoms with Gasteiger partial charge in [0, 0.05) is 43.7 Å². The molecule has 168 valence electrons. The summed E-state index contributed by atoms with van der Waals surface area (Å²) in [5.41, 5.74) is 1.05. The largest absolute Gasteiger partial charge is 0.444 e. The van der Waals surface area contributed by atoms with E-state index in [1.807, 2.05) is 26.8 Å². The highest BCUT2D eigenvalue weighted by Crippen LogP contribution is 2.32. The highest BCUT2D eigenvalue weighted by Gasteiger charge is 2.43. The maximum atomic E-state index is 13.2. The van der Waals surface area contributed by atoms with Crippen LogP contribution in [0.3, 0.4) is 0 Å². The summed E-state index contributed by atoms with van der Waals surface area (Å²) in [6, 6.07) is 4.94. The summed E-state index contributed by atoms with van der Waals surface area (Å²) in [6.45, 7) is 6.66. The molecule has 32 heavy (non-hydrogen) atoms. The minimum absolute atomic E-state index is 0.108. The zero-order chi connectivity index (χ0) is 23.0. The lowest BCUT2D eigenvalue weighted by molar-refractivity contribution is 0.0140. The molecule has 0 N–H and O–H groups in total. The van der Waals surface area contributed by atoms with Gasteiger partial charge in [0.25, 0.3) is 5.91 Å². The Kier molecular flexibility index (Phi) is 5.60. The van der Waals surface area contributed by atoms with Gasteiger partial charge in [0.2, 0.25) is 0 Å². The number of hydrogen-bond acceptors (Lipinski definition) is 7. The molecule has 1 fully saturated rings. The molecular weight excluding hydrogens is 412 g/mol. The second-order valence-electron chi connectivity index (χ2n) is 9.02. The number of likely N-dealkylation sites (tertiary alicyclic amines) is 1. The molecule has 10 heteroatoms. The average Bonchev–Trinajstić information content (AvgIpc) is 3.44. The van der Waals surface area contributed by atoms with Crippen molar-refractivity contribution in [2.24, 2.45) is 0 Å². The van der Waals surface area contributed by atoms with Crippen molar-refractivity contribution in [1.29, 1.82) is 5.26 Å². The van der Waals surface area contributed by atoms with Crippen LogP contribution in [0.2, 0.25) is 0 Å².